The van der Waals surface area contributed by atoms with Crippen LogP contribution in [0.4, 0.5) is 0 Å². The van der Waals surface area contributed by atoms with Gasteiger partial charge in [0, 0.05) is 16.4 Å². The second-order valence-corrected chi connectivity index (χ2v) is 6.40. The Labute approximate surface area is 139 Å². The molecule has 0 radical (unpaired) electrons. The van der Waals surface area contributed by atoms with Gasteiger partial charge in [-0.2, -0.15) is 0 Å². The van der Waals surface area contributed by atoms with Gasteiger partial charge in [-0.25, -0.2) is 0 Å². The minimum Gasteiger partial charge on any atom is -0.483 e. The molecule has 1 aliphatic carbocycles. The molecule has 0 aromatic heterocycles. The summed E-state index contributed by atoms with van der Waals surface area (Å²) in [7, 11) is 0. The second-order valence-electron chi connectivity index (χ2n) is 5.24. The van der Waals surface area contributed by atoms with Crippen LogP contribution in [0.3, 0.4) is 0 Å². The van der Waals surface area contributed by atoms with Gasteiger partial charge in [0.25, 0.3) is 0 Å². The molecular weight excluding hydrogens is 371 g/mol. The molecule has 0 spiro atoms. The Kier molecular flexibility index (Phi) is 4.44. The zero-order chi connectivity index (χ0) is 14.5. The van der Waals surface area contributed by atoms with E-state index in [0.29, 0.717) is 0 Å². The zero-order valence-electron chi connectivity index (χ0n) is 11.7. The Morgan fingerprint density at radius 2 is 1.71 bits per heavy atom. The van der Waals surface area contributed by atoms with Crippen molar-refractivity contribution >= 4 is 22.6 Å². The molecule has 1 atom stereocenters. The van der Waals surface area contributed by atoms with Gasteiger partial charge in [0.15, 0.2) is 0 Å². The van der Waals surface area contributed by atoms with Crippen LogP contribution in [0.15, 0.2) is 78.9 Å². The lowest BCUT2D eigenvalue weighted by Gasteiger charge is -2.33. The molecule has 0 saturated carbocycles. The Bertz CT molecular complexity index is 660. The van der Waals surface area contributed by atoms with E-state index >= 15 is 0 Å². The van der Waals surface area contributed by atoms with Gasteiger partial charge in [-0.3, -0.25) is 0 Å². The van der Waals surface area contributed by atoms with Crippen molar-refractivity contribution in [2.45, 2.75) is 18.4 Å². The lowest BCUT2D eigenvalue weighted by molar-refractivity contribution is 0.122. The van der Waals surface area contributed by atoms with Gasteiger partial charge in [0.2, 0.25) is 0 Å². The Balaban J connectivity index is 1.89. The first-order valence-electron chi connectivity index (χ1n) is 7.09. The van der Waals surface area contributed by atoms with E-state index in [-0.39, 0.29) is 5.60 Å². The molecule has 21 heavy (non-hydrogen) atoms. The number of para-hydroxylation sites is 1. The molecule has 2 aromatic carbocycles. The monoisotopic (exact) mass is 388 g/mol. The zero-order valence-corrected chi connectivity index (χ0v) is 13.9. The van der Waals surface area contributed by atoms with Gasteiger partial charge >= 0.3 is 0 Å². The summed E-state index contributed by atoms with van der Waals surface area (Å²) in [5.74, 6) is 0.920. The smallest absolute Gasteiger partial charge is 0.135 e. The van der Waals surface area contributed by atoms with Gasteiger partial charge < -0.3 is 4.74 Å². The summed E-state index contributed by atoms with van der Waals surface area (Å²) in [6, 6.07) is 18.6. The average Bonchev–Trinajstić information content (AvgIpc) is 2.51. The molecule has 2 aromatic rings. The van der Waals surface area contributed by atoms with Crippen LogP contribution in [0, 0.1) is 3.57 Å². The van der Waals surface area contributed by atoms with Crippen LogP contribution < -0.4 is 4.74 Å². The first kappa shape index (κ1) is 14.4. The number of hydrogen-bond donors (Lipinski definition) is 0. The maximum atomic E-state index is 6.36. The van der Waals surface area contributed by atoms with Crippen molar-refractivity contribution in [1.29, 1.82) is 0 Å². The van der Waals surface area contributed by atoms with Crippen molar-refractivity contribution in [2.24, 2.45) is 0 Å². The molecule has 1 unspecified atom stereocenters. The van der Waals surface area contributed by atoms with E-state index in [1.807, 2.05) is 30.3 Å². The predicted molar refractivity (Wildman–Crippen MR) is 95.6 cm³/mol. The average molecular weight is 388 g/mol. The third kappa shape index (κ3) is 3.56. The summed E-state index contributed by atoms with van der Waals surface area (Å²) in [5, 5.41) is 0. The minimum atomic E-state index is -0.294. The summed E-state index contributed by atoms with van der Waals surface area (Å²) in [4.78, 5) is 0. The highest BCUT2D eigenvalue weighted by Gasteiger charge is 2.30. The summed E-state index contributed by atoms with van der Waals surface area (Å²) in [6.45, 7) is 0. The standard InChI is InChI=1S/C19H17IO/c20-18-12-6-5-9-16(18)15-19(13-7-2-8-14-19)21-17-10-3-1-4-11-17/h1-13H,14-15H2. The number of hydrogen-bond acceptors (Lipinski definition) is 1. The van der Waals surface area contributed by atoms with Crippen molar-refractivity contribution < 1.29 is 4.74 Å². The largest absolute Gasteiger partial charge is 0.483 e. The van der Waals surface area contributed by atoms with Crippen LogP contribution in [0.25, 0.3) is 0 Å². The van der Waals surface area contributed by atoms with Gasteiger partial charge in [-0.1, -0.05) is 54.6 Å². The van der Waals surface area contributed by atoms with Gasteiger partial charge in [0.05, 0.1) is 0 Å². The van der Waals surface area contributed by atoms with Crippen LogP contribution in [-0.4, -0.2) is 5.60 Å². The molecule has 0 bridgehead atoms. The maximum absolute atomic E-state index is 6.36. The van der Waals surface area contributed by atoms with Crippen molar-refractivity contribution in [1.82, 2.24) is 0 Å². The number of ether oxygens (including phenoxy) is 1. The lowest BCUT2D eigenvalue weighted by Crippen LogP contribution is -2.37. The molecule has 3 rings (SSSR count). The van der Waals surface area contributed by atoms with E-state index < -0.39 is 0 Å². The van der Waals surface area contributed by atoms with Crippen molar-refractivity contribution in [2.75, 3.05) is 0 Å². The molecular formula is C19H17IO. The second kappa shape index (κ2) is 6.48. The van der Waals surface area contributed by atoms with Crippen molar-refractivity contribution in [3.63, 3.8) is 0 Å². The fourth-order valence-corrected chi connectivity index (χ4v) is 3.15. The van der Waals surface area contributed by atoms with E-state index in [2.05, 4.69) is 71.2 Å². The van der Waals surface area contributed by atoms with Crippen LogP contribution in [0.5, 0.6) is 5.75 Å². The minimum absolute atomic E-state index is 0.294. The quantitative estimate of drug-likeness (QED) is 0.657. The fraction of sp³-hybridized carbons (Fsp3) is 0.158. The third-order valence-corrected chi connectivity index (χ3v) is 4.67. The Morgan fingerprint density at radius 3 is 2.43 bits per heavy atom. The fourth-order valence-electron chi connectivity index (χ4n) is 2.58. The van der Waals surface area contributed by atoms with E-state index in [9.17, 15) is 0 Å². The normalized spacial score (nSPS) is 20.4. The predicted octanol–water partition coefficient (Wildman–Crippen LogP) is 5.17. The highest BCUT2D eigenvalue weighted by Crippen LogP contribution is 2.30. The molecule has 0 amide bonds. The van der Waals surface area contributed by atoms with E-state index in [0.717, 1.165) is 18.6 Å². The molecule has 0 saturated heterocycles. The molecule has 0 aliphatic heterocycles. The van der Waals surface area contributed by atoms with Crippen molar-refractivity contribution in [3.8, 4) is 5.75 Å². The summed E-state index contributed by atoms with van der Waals surface area (Å²) >= 11 is 2.40. The Hall–Kier alpha value is -1.55. The van der Waals surface area contributed by atoms with E-state index in [4.69, 9.17) is 4.74 Å². The van der Waals surface area contributed by atoms with E-state index in [1.165, 1.54) is 9.13 Å². The van der Waals surface area contributed by atoms with Gasteiger partial charge in [-0.15, -0.1) is 0 Å². The lowest BCUT2D eigenvalue weighted by atomic mass is 9.88. The van der Waals surface area contributed by atoms with Crippen LogP contribution in [0.2, 0.25) is 0 Å². The number of rotatable bonds is 4. The van der Waals surface area contributed by atoms with Crippen LogP contribution >= 0.6 is 22.6 Å². The van der Waals surface area contributed by atoms with Crippen molar-refractivity contribution in [3.05, 3.63) is 88.0 Å². The molecule has 1 aliphatic rings. The van der Waals surface area contributed by atoms with E-state index in [1.54, 1.807) is 0 Å². The molecule has 0 N–H and O–H groups in total. The van der Waals surface area contributed by atoms with Gasteiger partial charge in [0.1, 0.15) is 11.4 Å². The number of benzene rings is 2. The first-order valence-corrected chi connectivity index (χ1v) is 8.17. The molecule has 106 valence electrons. The topological polar surface area (TPSA) is 9.23 Å². The summed E-state index contributed by atoms with van der Waals surface area (Å²) in [6.07, 6.45) is 10.3. The molecule has 0 heterocycles. The maximum Gasteiger partial charge on any atom is 0.135 e. The summed E-state index contributed by atoms with van der Waals surface area (Å²) < 4.78 is 7.65. The first-order chi connectivity index (χ1) is 10.3. The molecule has 0 fully saturated rings. The van der Waals surface area contributed by atoms with Crippen LogP contribution in [-0.2, 0) is 6.42 Å². The highest BCUT2D eigenvalue weighted by atomic mass is 127. The number of allylic oxidation sites excluding steroid dienone is 2. The highest BCUT2D eigenvalue weighted by molar-refractivity contribution is 14.1. The summed E-state index contributed by atoms with van der Waals surface area (Å²) in [5.41, 5.74) is 1.03. The Morgan fingerprint density at radius 1 is 0.952 bits per heavy atom. The molecule has 2 heteroatoms. The number of halogens is 1. The van der Waals surface area contributed by atoms with Gasteiger partial charge in [-0.05, 0) is 52.4 Å². The SMILES string of the molecule is Ic1ccccc1CC1(Oc2ccccc2)C=CC=CC1. The molecule has 1 nitrogen and oxygen atoms in total. The third-order valence-electron chi connectivity index (χ3n) is 3.62. The van der Waals surface area contributed by atoms with Crippen LogP contribution in [0.1, 0.15) is 12.0 Å².